The second-order valence-corrected chi connectivity index (χ2v) is 4.06. The highest BCUT2D eigenvalue weighted by atomic mass is 35.5. The SMILES string of the molecule is CC(C)OCC1(CCl)CCOC1. The van der Waals surface area contributed by atoms with Crippen molar-refractivity contribution in [1.82, 2.24) is 0 Å². The van der Waals surface area contributed by atoms with E-state index in [2.05, 4.69) is 0 Å². The fraction of sp³-hybridized carbons (Fsp3) is 1.00. The molecule has 3 heteroatoms. The molecule has 1 fully saturated rings. The van der Waals surface area contributed by atoms with Crippen LogP contribution >= 0.6 is 11.6 Å². The second kappa shape index (κ2) is 4.45. The lowest BCUT2D eigenvalue weighted by atomic mass is 9.91. The number of hydrogen-bond acceptors (Lipinski definition) is 2. The molecule has 0 amide bonds. The molecule has 72 valence electrons. The van der Waals surface area contributed by atoms with Gasteiger partial charge in [0.05, 0.1) is 19.3 Å². The molecule has 0 aromatic carbocycles. The summed E-state index contributed by atoms with van der Waals surface area (Å²) in [5.74, 6) is 0.639. The summed E-state index contributed by atoms with van der Waals surface area (Å²) in [6.45, 7) is 6.39. The molecule has 0 aromatic rings. The van der Waals surface area contributed by atoms with Crippen LogP contribution in [0.15, 0.2) is 0 Å². The van der Waals surface area contributed by atoms with Gasteiger partial charge in [-0.1, -0.05) is 0 Å². The van der Waals surface area contributed by atoms with Gasteiger partial charge < -0.3 is 9.47 Å². The van der Waals surface area contributed by atoms with E-state index in [0.717, 1.165) is 26.2 Å². The first-order chi connectivity index (χ1) is 5.68. The van der Waals surface area contributed by atoms with Crippen LogP contribution in [0.2, 0.25) is 0 Å². The van der Waals surface area contributed by atoms with E-state index in [1.54, 1.807) is 0 Å². The molecule has 1 saturated heterocycles. The fourth-order valence-corrected chi connectivity index (χ4v) is 1.54. The molecule has 1 heterocycles. The van der Waals surface area contributed by atoms with Gasteiger partial charge in [-0.3, -0.25) is 0 Å². The lowest BCUT2D eigenvalue weighted by molar-refractivity contribution is 0.0111. The highest BCUT2D eigenvalue weighted by Gasteiger charge is 2.34. The summed E-state index contributed by atoms with van der Waals surface area (Å²) in [4.78, 5) is 0. The van der Waals surface area contributed by atoms with Gasteiger partial charge >= 0.3 is 0 Å². The molecule has 0 aliphatic carbocycles. The van der Waals surface area contributed by atoms with Crippen LogP contribution in [0.1, 0.15) is 20.3 Å². The molecule has 0 bridgehead atoms. The van der Waals surface area contributed by atoms with Crippen LogP contribution < -0.4 is 0 Å². The van der Waals surface area contributed by atoms with E-state index >= 15 is 0 Å². The van der Waals surface area contributed by atoms with Crippen LogP contribution in [0.5, 0.6) is 0 Å². The van der Waals surface area contributed by atoms with Crippen LogP contribution in [-0.4, -0.2) is 31.8 Å². The smallest absolute Gasteiger partial charge is 0.0560 e. The van der Waals surface area contributed by atoms with Gasteiger partial charge in [-0.05, 0) is 20.3 Å². The second-order valence-electron chi connectivity index (χ2n) is 3.80. The summed E-state index contributed by atoms with van der Waals surface area (Å²) in [7, 11) is 0. The van der Waals surface area contributed by atoms with Gasteiger partial charge in [0.2, 0.25) is 0 Å². The lowest BCUT2D eigenvalue weighted by Crippen LogP contribution is -2.30. The van der Waals surface area contributed by atoms with Crippen LogP contribution in [0.4, 0.5) is 0 Å². The maximum Gasteiger partial charge on any atom is 0.0560 e. The van der Waals surface area contributed by atoms with E-state index in [0.29, 0.717) is 5.88 Å². The fourth-order valence-electron chi connectivity index (χ4n) is 1.25. The molecule has 2 nitrogen and oxygen atoms in total. The van der Waals surface area contributed by atoms with Gasteiger partial charge in [0.15, 0.2) is 0 Å². The monoisotopic (exact) mass is 192 g/mol. The number of halogens is 1. The minimum atomic E-state index is 0.0891. The molecule has 1 rings (SSSR count). The molecular weight excluding hydrogens is 176 g/mol. The minimum absolute atomic E-state index is 0.0891. The molecule has 1 unspecified atom stereocenters. The summed E-state index contributed by atoms with van der Waals surface area (Å²) in [5, 5.41) is 0. The molecule has 1 aliphatic rings. The van der Waals surface area contributed by atoms with Crippen LogP contribution in [0, 0.1) is 5.41 Å². The van der Waals surface area contributed by atoms with Crippen LogP contribution in [0.3, 0.4) is 0 Å². The van der Waals surface area contributed by atoms with Crippen molar-refractivity contribution in [2.24, 2.45) is 5.41 Å². The molecule has 0 aromatic heterocycles. The largest absolute Gasteiger partial charge is 0.381 e. The van der Waals surface area contributed by atoms with E-state index in [4.69, 9.17) is 21.1 Å². The van der Waals surface area contributed by atoms with Crippen molar-refractivity contribution in [1.29, 1.82) is 0 Å². The Bertz CT molecular complexity index is 130. The zero-order valence-electron chi connectivity index (χ0n) is 7.81. The molecule has 0 radical (unpaired) electrons. The van der Waals surface area contributed by atoms with Crippen LogP contribution in [-0.2, 0) is 9.47 Å². The van der Waals surface area contributed by atoms with E-state index in [9.17, 15) is 0 Å². The minimum Gasteiger partial charge on any atom is -0.381 e. The Kier molecular flexibility index (Phi) is 3.81. The van der Waals surface area contributed by atoms with E-state index in [1.165, 1.54) is 0 Å². The van der Waals surface area contributed by atoms with Crippen molar-refractivity contribution in [3.05, 3.63) is 0 Å². The molecule has 0 N–H and O–H groups in total. The number of hydrogen-bond donors (Lipinski definition) is 0. The van der Waals surface area contributed by atoms with Crippen LogP contribution in [0.25, 0.3) is 0 Å². The molecular formula is C9H17ClO2. The zero-order chi connectivity index (χ0) is 9.03. The van der Waals surface area contributed by atoms with Gasteiger partial charge in [-0.15, -0.1) is 11.6 Å². The van der Waals surface area contributed by atoms with Gasteiger partial charge in [0, 0.05) is 17.9 Å². The number of ether oxygens (including phenoxy) is 2. The summed E-state index contributed by atoms with van der Waals surface area (Å²) in [6, 6.07) is 0. The summed E-state index contributed by atoms with van der Waals surface area (Å²) in [5.41, 5.74) is 0.0891. The average Bonchev–Trinajstić information content (AvgIpc) is 2.50. The average molecular weight is 193 g/mol. The summed E-state index contributed by atoms with van der Waals surface area (Å²) < 4.78 is 10.9. The standard InChI is InChI=1S/C9H17ClO2/c1-8(2)12-7-9(5-10)3-4-11-6-9/h8H,3-7H2,1-2H3. The molecule has 1 aliphatic heterocycles. The van der Waals surface area contributed by atoms with E-state index < -0.39 is 0 Å². The third-order valence-corrected chi connectivity index (χ3v) is 2.76. The van der Waals surface area contributed by atoms with Crippen molar-refractivity contribution < 1.29 is 9.47 Å². The van der Waals surface area contributed by atoms with E-state index in [1.807, 2.05) is 13.8 Å². The van der Waals surface area contributed by atoms with Gasteiger partial charge in [-0.25, -0.2) is 0 Å². The number of rotatable bonds is 4. The van der Waals surface area contributed by atoms with Crippen molar-refractivity contribution in [3.8, 4) is 0 Å². The lowest BCUT2D eigenvalue weighted by Gasteiger charge is -2.25. The van der Waals surface area contributed by atoms with Crippen molar-refractivity contribution in [2.75, 3.05) is 25.7 Å². The Morgan fingerprint density at radius 2 is 2.33 bits per heavy atom. The zero-order valence-corrected chi connectivity index (χ0v) is 8.56. The maximum absolute atomic E-state index is 5.89. The van der Waals surface area contributed by atoms with Gasteiger partial charge in [0.1, 0.15) is 0 Å². The highest BCUT2D eigenvalue weighted by molar-refractivity contribution is 6.18. The van der Waals surface area contributed by atoms with E-state index in [-0.39, 0.29) is 11.5 Å². The predicted octanol–water partition coefficient (Wildman–Crippen LogP) is 2.06. The Balaban J connectivity index is 2.34. The highest BCUT2D eigenvalue weighted by Crippen LogP contribution is 2.30. The maximum atomic E-state index is 5.89. The van der Waals surface area contributed by atoms with Gasteiger partial charge in [-0.2, -0.15) is 0 Å². The quantitative estimate of drug-likeness (QED) is 0.635. The first-order valence-electron chi connectivity index (χ1n) is 4.44. The molecule has 12 heavy (non-hydrogen) atoms. The summed E-state index contributed by atoms with van der Waals surface area (Å²) >= 11 is 5.89. The Morgan fingerprint density at radius 1 is 1.58 bits per heavy atom. The van der Waals surface area contributed by atoms with Crippen molar-refractivity contribution >= 4 is 11.6 Å². The molecule has 0 spiro atoms. The third-order valence-electron chi connectivity index (χ3n) is 2.19. The Labute approximate surface area is 79.2 Å². The summed E-state index contributed by atoms with van der Waals surface area (Å²) in [6.07, 6.45) is 1.31. The van der Waals surface area contributed by atoms with Gasteiger partial charge in [0.25, 0.3) is 0 Å². The topological polar surface area (TPSA) is 18.5 Å². The van der Waals surface area contributed by atoms with Crippen molar-refractivity contribution in [2.45, 2.75) is 26.4 Å². The molecule has 0 saturated carbocycles. The van der Waals surface area contributed by atoms with Crippen molar-refractivity contribution in [3.63, 3.8) is 0 Å². The number of alkyl halides is 1. The predicted molar refractivity (Wildman–Crippen MR) is 49.7 cm³/mol. The third kappa shape index (κ3) is 2.61. The normalized spacial score (nSPS) is 30.0. The Hall–Kier alpha value is 0.210. The first-order valence-corrected chi connectivity index (χ1v) is 4.97. The first kappa shape index (κ1) is 10.3. The molecule has 1 atom stereocenters. The Morgan fingerprint density at radius 3 is 2.75 bits per heavy atom.